The lowest BCUT2D eigenvalue weighted by atomic mass is 9.84. The van der Waals surface area contributed by atoms with Gasteiger partial charge in [-0.05, 0) is 30.7 Å². The first-order valence-electron chi connectivity index (χ1n) is 6.37. The van der Waals surface area contributed by atoms with Crippen LogP contribution in [0.5, 0.6) is 0 Å². The van der Waals surface area contributed by atoms with Gasteiger partial charge in [-0.1, -0.05) is 36.4 Å². The third-order valence-electron chi connectivity index (χ3n) is 3.60. The predicted molar refractivity (Wildman–Crippen MR) is 70.6 cm³/mol. The number of aliphatic hydroxyl groups excluding tert-OH is 1. The van der Waals surface area contributed by atoms with Gasteiger partial charge in [-0.3, -0.25) is 0 Å². The molecule has 2 rings (SSSR count). The number of allylic oxidation sites excluding steroid dienone is 1. The van der Waals surface area contributed by atoms with E-state index in [0.717, 1.165) is 25.8 Å². The summed E-state index contributed by atoms with van der Waals surface area (Å²) in [6.07, 6.45) is 4.74. The maximum Gasteiger partial charge on any atom is 0.0693 e. The number of rotatable bonds is 4. The first-order chi connectivity index (χ1) is 8.29. The zero-order chi connectivity index (χ0) is 12.1. The molecule has 0 heterocycles. The molecule has 0 bridgehead atoms. The Bertz CT molecular complexity index is 349. The number of benzene rings is 1. The third kappa shape index (κ3) is 3.42. The number of hydrogen-bond acceptors (Lipinski definition) is 2. The van der Waals surface area contributed by atoms with Crippen molar-refractivity contribution in [3.63, 3.8) is 0 Å². The molecule has 3 unspecified atom stereocenters. The zero-order valence-electron chi connectivity index (χ0n) is 10.2. The van der Waals surface area contributed by atoms with E-state index in [1.54, 1.807) is 0 Å². The molecule has 0 amide bonds. The van der Waals surface area contributed by atoms with Gasteiger partial charge in [0.2, 0.25) is 0 Å². The minimum absolute atomic E-state index is 0.201. The van der Waals surface area contributed by atoms with Gasteiger partial charge in [0.05, 0.1) is 6.10 Å². The molecule has 17 heavy (non-hydrogen) atoms. The first-order valence-corrected chi connectivity index (χ1v) is 6.37. The second-order valence-corrected chi connectivity index (χ2v) is 4.85. The van der Waals surface area contributed by atoms with E-state index in [1.165, 1.54) is 5.56 Å². The highest BCUT2D eigenvalue weighted by Crippen LogP contribution is 2.25. The van der Waals surface area contributed by atoms with Gasteiger partial charge in [-0.25, -0.2) is 0 Å². The summed E-state index contributed by atoms with van der Waals surface area (Å²) in [5.74, 6) is 0.548. The minimum atomic E-state index is -0.213. The molecule has 1 aromatic rings. The van der Waals surface area contributed by atoms with Crippen molar-refractivity contribution in [3.8, 4) is 0 Å². The van der Waals surface area contributed by atoms with Crippen LogP contribution in [0, 0.1) is 5.92 Å². The van der Waals surface area contributed by atoms with Crippen LogP contribution in [-0.4, -0.2) is 17.3 Å². The molecule has 2 N–H and O–H groups in total. The van der Waals surface area contributed by atoms with Crippen molar-refractivity contribution >= 4 is 0 Å². The molecule has 1 aliphatic rings. The van der Waals surface area contributed by atoms with Gasteiger partial charge in [0.1, 0.15) is 0 Å². The molecule has 1 aliphatic carbocycles. The second kappa shape index (κ2) is 5.99. The van der Waals surface area contributed by atoms with Crippen molar-refractivity contribution in [2.75, 3.05) is 0 Å². The summed E-state index contributed by atoms with van der Waals surface area (Å²) in [5.41, 5.74) is 1.26. The van der Waals surface area contributed by atoms with E-state index in [2.05, 4.69) is 24.0 Å². The Morgan fingerprint density at radius 2 is 2.06 bits per heavy atom. The molecule has 3 atom stereocenters. The summed E-state index contributed by atoms with van der Waals surface area (Å²) in [6.45, 7) is 4.68. The van der Waals surface area contributed by atoms with Gasteiger partial charge in [0.25, 0.3) is 0 Å². The fourth-order valence-corrected chi connectivity index (χ4v) is 2.47. The monoisotopic (exact) mass is 231 g/mol. The highest BCUT2D eigenvalue weighted by atomic mass is 16.3. The van der Waals surface area contributed by atoms with E-state index >= 15 is 0 Å². The Labute approximate surface area is 103 Å². The van der Waals surface area contributed by atoms with Crippen molar-refractivity contribution < 1.29 is 5.11 Å². The van der Waals surface area contributed by atoms with E-state index < -0.39 is 0 Å². The number of hydrogen-bond donors (Lipinski definition) is 2. The summed E-state index contributed by atoms with van der Waals surface area (Å²) in [5, 5.41) is 13.4. The molecule has 0 radical (unpaired) electrons. The summed E-state index contributed by atoms with van der Waals surface area (Å²) in [6, 6.07) is 10.5. The SMILES string of the molecule is C=CC1CCC(O)C(NCc2ccccc2)C1. The standard InChI is InChI=1S/C15H21NO/c1-2-12-8-9-15(17)14(10-12)16-11-13-6-4-3-5-7-13/h2-7,12,14-17H,1,8-11H2. The Kier molecular flexibility index (Phi) is 4.35. The minimum Gasteiger partial charge on any atom is -0.392 e. The van der Waals surface area contributed by atoms with E-state index in [1.807, 2.05) is 24.3 Å². The van der Waals surface area contributed by atoms with Crippen molar-refractivity contribution in [1.82, 2.24) is 5.32 Å². The zero-order valence-corrected chi connectivity index (χ0v) is 10.2. The maximum absolute atomic E-state index is 9.96. The van der Waals surface area contributed by atoms with Gasteiger partial charge in [-0.15, -0.1) is 6.58 Å². The van der Waals surface area contributed by atoms with Crippen molar-refractivity contribution in [2.45, 2.75) is 38.0 Å². The normalized spacial score (nSPS) is 28.9. The summed E-state index contributed by atoms with van der Waals surface area (Å²) in [7, 11) is 0. The van der Waals surface area contributed by atoms with Gasteiger partial charge in [0.15, 0.2) is 0 Å². The number of aliphatic hydroxyl groups is 1. The van der Waals surface area contributed by atoms with Gasteiger partial charge in [-0.2, -0.15) is 0 Å². The van der Waals surface area contributed by atoms with Crippen molar-refractivity contribution in [3.05, 3.63) is 48.6 Å². The Hall–Kier alpha value is -1.12. The van der Waals surface area contributed by atoms with E-state index in [0.29, 0.717) is 5.92 Å². The molecule has 0 spiro atoms. The quantitative estimate of drug-likeness (QED) is 0.780. The Balaban J connectivity index is 1.87. The molecular weight excluding hydrogens is 210 g/mol. The van der Waals surface area contributed by atoms with E-state index in [9.17, 15) is 5.11 Å². The van der Waals surface area contributed by atoms with Crippen LogP contribution in [0.15, 0.2) is 43.0 Å². The molecule has 1 aromatic carbocycles. The maximum atomic E-state index is 9.96. The van der Waals surface area contributed by atoms with Crippen LogP contribution in [0.2, 0.25) is 0 Å². The van der Waals surface area contributed by atoms with Crippen LogP contribution >= 0.6 is 0 Å². The molecule has 0 aliphatic heterocycles. The van der Waals surface area contributed by atoms with E-state index in [4.69, 9.17) is 0 Å². The average Bonchev–Trinajstić information content (AvgIpc) is 2.39. The summed E-state index contributed by atoms with van der Waals surface area (Å²) >= 11 is 0. The Morgan fingerprint density at radius 1 is 1.29 bits per heavy atom. The Morgan fingerprint density at radius 3 is 2.76 bits per heavy atom. The van der Waals surface area contributed by atoms with Crippen molar-refractivity contribution in [1.29, 1.82) is 0 Å². The molecule has 0 saturated heterocycles. The molecule has 0 aromatic heterocycles. The molecule has 1 fully saturated rings. The van der Waals surface area contributed by atoms with Crippen molar-refractivity contribution in [2.24, 2.45) is 5.92 Å². The lowest BCUT2D eigenvalue weighted by Gasteiger charge is -2.32. The van der Waals surface area contributed by atoms with Crippen LogP contribution in [0.4, 0.5) is 0 Å². The topological polar surface area (TPSA) is 32.3 Å². The summed E-state index contributed by atoms with van der Waals surface area (Å²) in [4.78, 5) is 0. The predicted octanol–water partition coefficient (Wildman–Crippen LogP) is 2.49. The van der Waals surface area contributed by atoms with Crippen LogP contribution in [-0.2, 0) is 6.54 Å². The highest BCUT2D eigenvalue weighted by molar-refractivity contribution is 5.14. The van der Waals surface area contributed by atoms with Crippen LogP contribution in [0.25, 0.3) is 0 Å². The summed E-state index contributed by atoms with van der Waals surface area (Å²) < 4.78 is 0. The largest absolute Gasteiger partial charge is 0.392 e. The fraction of sp³-hybridized carbons (Fsp3) is 0.467. The molecular formula is C15H21NO. The number of nitrogens with one attached hydrogen (secondary N) is 1. The molecule has 2 nitrogen and oxygen atoms in total. The van der Waals surface area contributed by atoms with Crippen LogP contribution in [0.3, 0.4) is 0 Å². The lowest BCUT2D eigenvalue weighted by Crippen LogP contribution is -2.43. The smallest absolute Gasteiger partial charge is 0.0693 e. The second-order valence-electron chi connectivity index (χ2n) is 4.85. The van der Waals surface area contributed by atoms with Gasteiger partial charge in [0, 0.05) is 12.6 Å². The first kappa shape index (κ1) is 12.3. The average molecular weight is 231 g/mol. The highest BCUT2D eigenvalue weighted by Gasteiger charge is 2.27. The van der Waals surface area contributed by atoms with E-state index in [-0.39, 0.29) is 12.1 Å². The van der Waals surface area contributed by atoms with Gasteiger partial charge >= 0.3 is 0 Å². The lowest BCUT2D eigenvalue weighted by molar-refractivity contribution is 0.0778. The van der Waals surface area contributed by atoms with Crippen LogP contribution in [0.1, 0.15) is 24.8 Å². The van der Waals surface area contributed by atoms with Crippen LogP contribution < -0.4 is 5.32 Å². The fourth-order valence-electron chi connectivity index (χ4n) is 2.47. The van der Waals surface area contributed by atoms with Gasteiger partial charge < -0.3 is 10.4 Å². The third-order valence-corrected chi connectivity index (χ3v) is 3.60. The molecule has 1 saturated carbocycles. The molecule has 2 heteroatoms. The molecule has 92 valence electrons.